The molecular weight excluding hydrogens is 110 g/mol. The van der Waals surface area contributed by atoms with Crippen molar-refractivity contribution < 1.29 is 9.59 Å². The van der Waals surface area contributed by atoms with Crippen molar-refractivity contribution in [2.75, 3.05) is 6.54 Å². The average Bonchev–Trinajstić information content (AvgIpc) is 1.61. The summed E-state index contributed by atoms with van der Waals surface area (Å²) in [5.41, 5.74) is 6.34. The molecule has 0 fully saturated rings. The quantitative estimate of drug-likeness (QED) is 0.377. The highest BCUT2D eigenvalue weighted by Gasteiger charge is 1.88. The van der Waals surface area contributed by atoms with Gasteiger partial charge in [0.25, 0.3) is 0 Å². The predicted octanol–water partition coefficient (Wildman–Crippen LogP) is -1.75. The van der Waals surface area contributed by atoms with Gasteiger partial charge in [-0.05, 0) is 5.70 Å². The molecule has 0 amide bonds. The van der Waals surface area contributed by atoms with Crippen LogP contribution in [0.4, 0.5) is 0 Å². The van der Waals surface area contributed by atoms with Gasteiger partial charge in [-0.25, -0.2) is 0 Å². The molecule has 0 saturated heterocycles. The van der Waals surface area contributed by atoms with E-state index in [0.29, 0.717) is 6.54 Å². The lowest BCUT2D eigenvalue weighted by atomic mass is 10.7. The van der Waals surface area contributed by atoms with Gasteiger partial charge in [-0.15, -0.1) is 0 Å². The van der Waals surface area contributed by atoms with Gasteiger partial charge >= 0.3 is 9.28 Å². The third-order valence-electron chi connectivity index (χ3n) is 0.444. The Morgan fingerprint density at radius 2 is 2.14 bits per heavy atom. The number of hydrogen-bond donors (Lipinski definition) is 3. The van der Waals surface area contributed by atoms with Crippen molar-refractivity contribution >= 4 is 9.28 Å². The highest BCUT2D eigenvalue weighted by molar-refractivity contribution is 6.47. The largest absolute Gasteiger partial charge is 0.410 e. The molecule has 4 heteroatoms. The lowest BCUT2D eigenvalue weighted by Crippen LogP contribution is -2.07. The minimum absolute atomic E-state index is 0.380. The number of hydrogen-bond acceptors (Lipinski definition) is 3. The maximum atomic E-state index is 8.24. The maximum absolute atomic E-state index is 8.24. The van der Waals surface area contributed by atoms with E-state index in [4.69, 9.17) is 15.3 Å². The van der Waals surface area contributed by atoms with Crippen molar-refractivity contribution in [1.29, 1.82) is 0 Å². The molecule has 0 heterocycles. The van der Waals surface area contributed by atoms with Gasteiger partial charge < -0.3 is 15.3 Å². The monoisotopic (exact) mass is 119 g/mol. The molecule has 3 nitrogen and oxygen atoms in total. The van der Waals surface area contributed by atoms with Crippen LogP contribution in [0.25, 0.3) is 0 Å². The van der Waals surface area contributed by atoms with Gasteiger partial charge in [0.15, 0.2) is 0 Å². The summed E-state index contributed by atoms with van der Waals surface area (Å²) >= 11 is 0. The molecule has 7 heavy (non-hydrogen) atoms. The lowest BCUT2D eigenvalue weighted by molar-refractivity contribution is 0.424. The summed E-state index contributed by atoms with van der Waals surface area (Å²) in [7, 11) is -2.45. The molecule has 0 aliphatic rings. The lowest BCUT2D eigenvalue weighted by Gasteiger charge is -1.84. The topological polar surface area (TPSA) is 66.5 Å². The van der Waals surface area contributed by atoms with Crippen molar-refractivity contribution in [2.24, 2.45) is 5.73 Å². The minimum Gasteiger partial charge on any atom is -0.410 e. The second-order valence-corrected chi connectivity index (χ2v) is 2.29. The molecule has 0 aromatic heterocycles. The van der Waals surface area contributed by atoms with Crippen LogP contribution >= 0.6 is 0 Å². The van der Waals surface area contributed by atoms with Gasteiger partial charge in [-0.3, -0.25) is 0 Å². The van der Waals surface area contributed by atoms with Crippen LogP contribution < -0.4 is 5.73 Å². The first kappa shape index (κ1) is 6.84. The maximum Gasteiger partial charge on any atom is 0.342 e. The van der Waals surface area contributed by atoms with E-state index < -0.39 is 9.28 Å². The normalized spacial score (nSPS) is 11.4. The fourth-order valence-corrected chi connectivity index (χ4v) is 0.601. The summed E-state index contributed by atoms with van der Waals surface area (Å²) in [5, 5.41) is 0. The standard InChI is InChI=1S/C3H9NO2Si/c4-2-1-3-7(5)6/h1,3,5-7H,2,4H2. The number of nitrogens with two attached hydrogens (primary N) is 1. The molecule has 0 aliphatic heterocycles. The van der Waals surface area contributed by atoms with E-state index >= 15 is 0 Å². The van der Waals surface area contributed by atoms with Crippen LogP contribution in [0, 0.1) is 0 Å². The van der Waals surface area contributed by atoms with Crippen LogP contribution in [0.5, 0.6) is 0 Å². The highest BCUT2D eigenvalue weighted by Crippen LogP contribution is 1.69. The third-order valence-corrected chi connectivity index (χ3v) is 1.06. The van der Waals surface area contributed by atoms with Crippen LogP contribution in [0.1, 0.15) is 0 Å². The SMILES string of the molecule is NCC=C[SiH](O)O. The summed E-state index contributed by atoms with van der Waals surface area (Å²) < 4.78 is 0. The van der Waals surface area contributed by atoms with Crippen LogP contribution in [0.15, 0.2) is 11.8 Å². The first-order valence-electron chi connectivity index (χ1n) is 2.00. The molecule has 0 aromatic carbocycles. The second kappa shape index (κ2) is 4.01. The van der Waals surface area contributed by atoms with E-state index in [2.05, 4.69) is 0 Å². The Morgan fingerprint density at radius 3 is 2.29 bits per heavy atom. The molecule has 0 aliphatic carbocycles. The Kier molecular flexibility index (Phi) is 3.91. The minimum atomic E-state index is -2.45. The molecular formula is C3H9NO2Si. The highest BCUT2D eigenvalue weighted by atomic mass is 28.3. The first-order valence-corrected chi connectivity index (χ1v) is 3.70. The van der Waals surface area contributed by atoms with Crippen molar-refractivity contribution in [2.45, 2.75) is 0 Å². The molecule has 0 rings (SSSR count). The summed E-state index contributed by atoms with van der Waals surface area (Å²) in [6.07, 6.45) is 1.54. The molecule has 0 unspecified atom stereocenters. The Bertz CT molecular complexity index is 64.0. The third kappa shape index (κ3) is 5.84. The Labute approximate surface area is 43.9 Å². The van der Waals surface area contributed by atoms with Crippen LogP contribution in [-0.2, 0) is 0 Å². The van der Waals surface area contributed by atoms with Crippen LogP contribution in [0.2, 0.25) is 0 Å². The van der Waals surface area contributed by atoms with Crippen molar-refractivity contribution in [3.63, 3.8) is 0 Å². The molecule has 42 valence electrons. The van der Waals surface area contributed by atoms with Crippen molar-refractivity contribution in [3.8, 4) is 0 Å². The average molecular weight is 119 g/mol. The zero-order valence-corrected chi connectivity index (χ0v) is 5.07. The molecule has 4 N–H and O–H groups in total. The van der Waals surface area contributed by atoms with Crippen molar-refractivity contribution in [3.05, 3.63) is 11.8 Å². The van der Waals surface area contributed by atoms with Crippen LogP contribution in [0.3, 0.4) is 0 Å². The summed E-state index contributed by atoms with van der Waals surface area (Å²) in [5.74, 6) is 0. The zero-order valence-electron chi connectivity index (χ0n) is 3.91. The summed E-state index contributed by atoms with van der Waals surface area (Å²) in [6, 6.07) is 0. The van der Waals surface area contributed by atoms with Gasteiger partial charge in [0, 0.05) is 6.54 Å². The van der Waals surface area contributed by atoms with Gasteiger partial charge in [-0.1, -0.05) is 6.08 Å². The smallest absolute Gasteiger partial charge is 0.342 e. The molecule has 0 bridgehead atoms. The van der Waals surface area contributed by atoms with E-state index in [-0.39, 0.29) is 0 Å². The zero-order chi connectivity index (χ0) is 5.70. The molecule has 0 aromatic rings. The Balaban J connectivity index is 3.08. The first-order chi connectivity index (χ1) is 3.27. The molecule has 0 spiro atoms. The van der Waals surface area contributed by atoms with E-state index in [1.54, 1.807) is 0 Å². The molecule has 0 radical (unpaired) electrons. The van der Waals surface area contributed by atoms with E-state index in [1.165, 1.54) is 11.8 Å². The fourth-order valence-electron chi connectivity index (χ4n) is 0.200. The fraction of sp³-hybridized carbons (Fsp3) is 0.333. The Morgan fingerprint density at radius 1 is 1.57 bits per heavy atom. The van der Waals surface area contributed by atoms with E-state index in [1.807, 2.05) is 0 Å². The number of rotatable bonds is 2. The van der Waals surface area contributed by atoms with Gasteiger partial charge in [0.2, 0.25) is 0 Å². The molecule has 0 atom stereocenters. The predicted molar refractivity (Wildman–Crippen MR) is 29.8 cm³/mol. The van der Waals surface area contributed by atoms with Gasteiger partial charge in [0.1, 0.15) is 0 Å². The molecule has 0 saturated carbocycles. The van der Waals surface area contributed by atoms with Gasteiger partial charge in [-0.2, -0.15) is 0 Å². The summed E-state index contributed by atoms with van der Waals surface area (Å²) in [6.45, 7) is 0.380. The van der Waals surface area contributed by atoms with Crippen molar-refractivity contribution in [1.82, 2.24) is 0 Å². The Hall–Kier alpha value is -0.163. The second-order valence-electron chi connectivity index (χ2n) is 1.08. The summed E-state index contributed by atoms with van der Waals surface area (Å²) in [4.78, 5) is 16.5. The van der Waals surface area contributed by atoms with E-state index in [0.717, 1.165) is 0 Å². The van der Waals surface area contributed by atoms with Gasteiger partial charge in [0.05, 0.1) is 0 Å². The van der Waals surface area contributed by atoms with Crippen LogP contribution in [-0.4, -0.2) is 25.4 Å². The van der Waals surface area contributed by atoms with E-state index in [9.17, 15) is 0 Å².